The average molecular weight is 310 g/mol. The van der Waals surface area contributed by atoms with Gasteiger partial charge in [0.2, 0.25) is 0 Å². The van der Waals surface area contributed by atoms with E-state index < -0.39 is 0 Å². The van der Waals surface area contributed by atoms with Crippen LogP contribution in [-0.2, 0) is 11.8 Å². The molecule has 0 atom stereocenters. The fourth-order valence-corrected chi connectivity index (χ4v) is 2.50. The molecule has 0 saturated carbocycles. The van der Waals surface area contributed by atoms with E-state index in [-0.39, 0.29) is 11.4 Å². The van der Waals surface area contributed by atoms with Gasteiger partial charge in [0.05, 0.1) is 0 Å². The first-order valence-corrected chi connectivity index (χ1v) is 8.10. The predicted octanol–water partition coefficient (Wildman–Crippen LogP) is 3.81. The highest BCUT2D eigenvalue weighted by Crippen LogP contribution is 2.22. The van der Waals surface area contributed by atoms with Crippen molar-refractivity contribution < 1.29 is 4.79 Å². The maximum absolute atomic E-state index is 12.0. The topological polar surface area (TPSA) is 41.1 Å². The molecule has 2 rings (SSSR count). The van der Waals surface area contributed by atoms with Crippen molar-refractivity contribution in [3.05, 3.63) is 71.3 Å². The molecule has 0 heterocycles. The summed E-state index contributed by atoms with van der Waals surface area (Å²) < 4.78 is 0. The quantitative estimate of drug-likeness (QED) is 0.837. The zero-order valence-corrected chi connectivity index (χ0v) is 14.2. The highest BCUT2D eigenvalue weighted by molar-refractivity contribution is 5.73. The monoisotopic (exact) mass is 310 g/mol. The van der Waals surface area contributed by atoms with Crippen molar-refractivity contribution in [1.29, 1.82) is 0 Å². The van der Waals surface area contributed by atoms with E-state index in [1.54, 1.807) is 0 Å². The minimum Gasteiger partial charge on any atom is -0.338 e. The lowest BCUT2D eigenvalue weighted by Gasteiger charge is -2.26. The first-order valence-electron chi connectivity index (χ1n) is 8.10. The third-order valence-corrected chi connectivity index (χ3v) is 4.03. The van der Waals surface area contributed by atoms with Gasteiger partial charge in [0, 0.05) is 18.5 Å². The predicted molar refractivity (Wildman–Crippen MR) is 95.8 cm³/mol. The molecule has 0 spiro atoms. The van der Waals surface area contributed by atoms with E-state index in [9.17, 15) is 4.79 Å². The third kappa shape index (κ3) is 5.44. The molecule has 0 aromatic heterocycles. The maximum Gasteiger partial charge on any atom is 0.314 e. The van der Waals surface area contributed by atoms with Gasteiger partial charge in [-0.15, -0.1) is 0 Å². The van der Waals surface area contributed by atoms with Crippen LogP contribution in [0.1, 0.15) is 30.5 Å². The van der Waals surface area contributed by atoms with Crippen LogP contribution in [0, 0.1) is 6.92 Å². The van der Waals surface area contributed by atoms with Gasteiger partial charge in [-0.05, 0) is 24.5 Å². The highest BCUT2D eigenvalue weighted by Gasteiger charge is 2.21. The number of carbonyl (C=O) groups excluding carboxylic acids is 1. The van der Waals surface area contributed by atoms with Crippen LogP contribution in [0.15, 0.2) is 54.6 Å². The Morgan fingerprint density at radius 3 is 2.43 bits per heavy atom. The SMILES string of the molecule is Cc1cccc(C(C)(C)CNC(=O)NCCc2ccccc2)c1. The summed E-state index contributed by atoms with van der Waals surface area (Å²) in [7, 11) is 0. The molecule has 0 radical (unpaired) electrons. The van der Waals surface area contributed by atoms with Crippen LogP contribution in [-0.4, -0.2) is 19.1 Å². The van der Waals surface area contributed by atoms with Gasteiger partial charge in [-0.3, -0.25) is 0 Å². The number of carbonyl (C=O) groups is 1. The lowest BCUT2D eigenvalue weighted by atomic mass is 9.84. The lowest BCUT2D eigenvalue weighted by Crippen LogP contribution is -2.42. The molecule has 3 nitrogen and oxygen atoms in total. The van der Waals surface area contributed by atoms with Crippen LogP contribution in [0.4, 0.5) is 4.79 Å². The van der Waals surface area contributed by atoms with E-state index in [0.29, 0.717) is 13.1 Å². The zero-order chi connectivity index (χ0) is 16.7. The van der Waals surface area contributed by atoms with Gasteiger partial charge in [0.15, 0.2) is 0 Å². The third-order valence-electron chi connectivity index (χ3n) is 4.03. The molecule has 2 aromatic rings. The van der Waals surface area contributed by atoms with Gasteiger partial charge in [-0.25, -0.2) is 4.79 Å². The van der Waals surface area contributed by atoms with Crippen molar-refractivity contribution in [2.75, 3.05) is 13.1 Å². The highest BCUT2D eigenvalue weighted by atomic mass is 16.2. The molecular formula is C20H26N2O. The Labute approximate surface area is 139 Å². The molecule has 0 aliphatic carbocycles. The van der Waals surface area contributed by atoms with Crippen molar-refractivity contribution >= 4 is 6.03 Å². The first kappa shape index (κ1) is 17.1. The van der Waals surface area contributed by atoms with Crippen LogP contribution in [0.25, 0.3) is 0 Å². The first-order chi connectivity index (χ1) is 11.0. The molecule has 0 aliphatic heterocycles. The molecule has 2 aromatic carbocycles. The summed E-state index contributed by atoms with van der Waals surface area (Å²) in [4.78, 5) is 12.0. The van der Waals surface area contributed by atoms with Crippen LogP contribution in [0.5, 0.6) is 0 Å². The molecule has 0 saturated heterocycles. The Balaban J connectivity index is 1.77. The maximum atomic E-state index is 12.0. The number of aryl methyl sites for hydroxylation is 1. The Hall–Kier alpha value is -2.29. The number of amides is 2. The van der Waals surface area contributed by atoms with Crippen molar-refractivity contribution in [2.24, 2.45) is 0 Å². The van der Waals surface area contributed by atoms with Gasteiger partial charge in [0.25, 0.3) is 0 Å². The Morgan fingerprint density at radius 1 is 1.00 bits per heavy atom. The van der Waals surface area contributed by atoms with Crippen molar-refractivity contribution in [2.45, 2.75) is 32.6 Å². The van der Waals surface area contributed by atoms with Gasteiger partial charge in [-0.1, -0.05) is 74.0 Å². The van der Waals surface area contributed by atoms with E-state index in [0.717, 1.165) is 6.42 Å². The standard InChI is InChI=1S/C20H26N2O/c1-16-8-7-11-18(14-16)20(2,3)15-22-19(23)21-13-12-17-9-5-4-6-10-17/h4-11,14H,12-13,15H2,1-3H3,(H2,21,22,23). The van der Waals surface area contributed by atoms with Crippen LogP contribution in [0.3, 0.4) is 0 Å². The second-order valence-corrected chi connectivity index (χ2v) is 6.60. The normalized spacial score (nSPS) is 11.1. The Bertz CT molecular complexity index is 635. The van der Waals surface area contributed by atoms with Crippen molar-refractivity contribution in [3.63, 3.8) is 0 Å². The van der Waals surface area contributed by atoms with E-state index in [4.69, 9.17) is 0 Å². The fourth-order valence-electron chi connectivity index (χ4n) is 2.50. The number of rotatable bonds is 6. The van der Waals surface area contributed by atoms with Crippen LogP contribution >= 0.6 is 0 Å². The summed E-state index contributed by atoms with van der Waals surface area (Å²) in [5.41, 5.74) is 3.61. The number of benzene rings is 2. The number of nitrogens with one attached hydrogen (secondary N) is 2. The molecule has 0 fully saturated rings. The molecule has 23 heavy (non-hydrogen) atoms. The summed E-state index contributed by atoms with van der Waals surface area (Å²) in [6.45, 7) is 7.62. The molecule has 2 amide bonds. The second-order valence-electron chi connectivity index (χ2n) is 6.60. The van der Waals surface area contributed by atoms with Gasteiger partial charge in [0.1, 0.15) is 0 Å². The van der Waals surface area contributed by atoms with E-state index in [1.807, 2.05) is 18.2 Å². The summed E-state index contributed by atoms with van der Waals surface area (Å²) in [5, 5.41) is 5.89. The molecule has 0 bridgehead atoms. The van der Waals surface area contributed by atoms with Crippen LogP contribution in [0.2, 0.25) is 0 Å². The zero-order valence-electron chi connectivity index (χ0n) is 14.2. The summed E-state index contributed by atoms with van der Waals surface area (Å²) in [6.07, 6.45) is 0.843. The second kappa shape index (κ2) is 7.82. The summed E-state index contributed by atoms with van der Waals surface area (Å²) >= 11 is 0. The smallest absolute Gasteiger partial charge is 0.314 e. The molecule has 0 unspecified atom stereocenters. The lowest BCUT2D eigenvalue weighted by molar-refractivity contribution is 0.238. The molecule has 2 N–H and O–H groups in total. The molecule has 3 heteroatoms. The molecule has 122 valence electrons. The largest absolute Gasteiger partial charge is 0.338 e. The van der Waals surface area contributed by atoms with Crippen molar-refractivity contribution in [1.82, 2.24) is 10.6 Å². The van der Waals surface area contributed by atoms with Crippen LogP contribution < -0.4 is 10.6 Å². The molecule has 0 aliphatic rings. The number of urea groups is 1. The fraction of sp³-hybridized carbons (Fsp3) is 0.350. The van der Waals surface area contributed by atoms with E-state index >= 15 is 0 Å². The Morgan fingerprint density at radius 2 is 1.74 bits per heavy atom. The summed E-state index contributed by atoms with van der Waals surface area (Å²) in [5.74, 6) is 0. The van der Waals surface area contributed by atoms with Gasteiger partial charge >= 0.3 is 6.03 Å². The minimum absolute atomic E-state index is 0.0945. The number of hydrogen-bond donors (Lipinski definition) is 2. The van der Waals surface area contributed by atoms with Gasteiger partial charge < -0.3 is 10.6 Å². The summed E-state index contributed by atoms with van der Waals surface area (Å²) in [6, 6.07) is 18.5. The average Bonchev–Trinajstić information content (AvgIpc) is 2.54. The van der Waals surface area contributed by atoms with Gasteiger partial charge in [-0.2, -0.15) is 0 Å². The Kier molecular flexibility index (Phi) is 5.80. The van der Waals surface area contributed by atoms with E-state index in [2.05, 4.69) is 67.8 Å². The van der Waals surface area contributed by atoms with E-state index in [1.165, 1.54) is 16.7 Å². The van der Waals surface area contributed by atoms with Crippen molar-refractivity contribution in [3.8, 4) is 0 Å². The minimum atomic E-state index is -0.110. The number of hydrogen-bond acceptors (Lipinski definition) is 1. The molecular weight excluding hydrogens is 284 g/mol.